The zero-order chi connectivity index (χ0) is 22.1. The minimum absolute atomic E-state index is 0.138. The van der Waals surface area contributed by atoms with E-state index in [1.54, 1.807) is 0 Å². The quantitative estimate of drug-likeness (QED) is 0.487. The first-order chi connectivity index (χ1) is 13.2. The number of hydrogen-bond acceptors (Lipinski definition) is 4. The Kier molecular flexibility index (Phi) is 7.09. The van der Waals surface area contributed by atoms with E-state index < -0.39 is 60.0 Å². The van der Waals surface area contributed by atoms with Crippen LogP contribution in [0, 0.1) is 24.4 Å². The number of primary amides is 1. The lowest BCUT2D eigenvalue weighted by Gasteiger charge is -2.22. The lowest BCUT2D eigenvalue weighted by molar-refractivity contribution is 0.0995. The lowest BCUT2D eigenvalue weighted by atomic mass is 10.00. The minimum Gasteiger partial charge on any atom is -0.364 e. The third kappa shape index (κ3) is 5.53. The van der Waals surface area contributed by atoms with Gasteiger partial charge in [0, 0.05) is 18.2 Å². The second-order valence-corrected chi connectivity index (χ2v) is 10.9. The Morgan fingerprint density at radius 3 is 2.31 bits per heavy atom. The maximum absolute atomic E-state index is 14.5. The molecule has 2 rings (SSSR count). The molecule has 0 spiro atoms. The molecule has 2 N–H and O–H groups in total. The fourth-order valence-electron chi connectivity index (χ4n) is 2.66. The summed E-state index contributed by atoms with van der Waals surface area (Å²) >= 11 is 16.8. The molecule has 1 unspecified atom stereocenters. The summed E-state index contributed by atoms with van der Waals surface area (Å²) in [6.45, 7) is 1.38. The van der Waals surface area contributed by atoms with Crippen LogP contribution in [0.1, 0.15) is 38.8 Å². The molecule has 0 aliphatic heterocycles. The van der Waals surface area contributed by atoms with Gasteiger partial charge in [-0.15, -0.1) is 0 Å². The maximum atomic E-state index is 14.5. The van der Waals surface area contributed by atoms with Gasteiger partial charge in [-0.2, -0.15) is 0 Å². The van der Waals surface area contributed by atoms with Crippen LogP contribution in [0.3, 0.4) is 0 Å². The first-order valence-corrected chi connectivity index (χ1v) is 10.8. The van der Waals surface area contributed by atoms with Crippen LogP contribution in [0.2, 0.25) is 0 Å². The van der Waals surface area contributed by atoms with Gasteiger partial charge < -0.3 is 5.73 Å². The highest BCUT2D eigenvalue weighted by atomic mass is 35.6. The van der Waals surface area contributed by atoms with Gasteiger partial charge in [-0.25, -0.2) is 21.6 Å². The number of aryl methyl sites for hydroxylation is 1. The molecule has 0 saturated carbocycles. The van der Waals surface area contributed by atoms with E-state index in [1.165, 1.54) is 6.92 Å². The minimum atomic E-state index is -4.44. The summed E-state index contributed by atoms with van der Waals surface area (Å²) < 4.78 is 66.8. The molecule has 0 aliphatic rings. The van der Waals surface area contributed by atoms with Gasteiger partial charge in [-0.3, -0.25) is 9.78 Å². The molecule has 0 bridgehead atoms. The number of rotatable bonds is 6. The zero-order valence-corrected chi connectivity index (χ0v) is 17.8. The highest BCUT2D eigenvalue weighted by molar-refractivity contribution is 7.91. The van der Waals surface area contributed by atoms with Gasteiger partial charge in [0.15, 0.2) is 25.3 Å². The number of carbonyl (C=O) groups is 1. The highest BCUT2D eigenvalue weighted by Crippen LogP contribution is 2.39. The van der Waals surface area contributed by atoms with E-state index in [0.29, 0.717) is 12.1 Å². The lowest BCUT2D eigenvalue weighted by Crippen LogP contribution is -2.25. The number of amides is 1. The van der Waals surface area contributed by atoms with E-state index in [4.69, 9.17) is 40.5 Å². The van der Waals surface area contributed by atoms with Crippen LogP contribution in [0.4, 0.5) is 13.2 Å². The van der Waals surface area contributed by atoms with Gasteiger partial charge in [-0.1, -0.05) is 34.8 Å². The molecular formula is C17H14Cl3F3N2O3S. The van der Waals surface area contributed by atoms with Gasteiger partial charge in [0.1, 0.15) is 16.8 Å². The topological polar surface area (TPSA) is 90.1 Å². The van der Waals surface area contributed by atoms with Crippen molar-refractivity contribution >= 4 is 50.5 Å². The third-order valence-electron chi connectivity index (χ3n) is 4.06. The summed E-state index contributed by atoms with van der Waals surface area (Å²) in [4.78, 5) is 15.0. The zero-order valence-electron chi connectivity index (χ0n) is 14.7. The summed E-state index contributed by atoms with van der Waals surface area (Å²) in [6, 6.07) is 2.29. The molecule has 1 atom stereocenters. The number of nitrogens with two attached hydrogens (primary N) is 1. The smallest absolute Gasteiger partial charge is 0.267 e. The fourth-order valence-corrected chi connectivity index (χ4v) is 5.32. The Morgan fingerprint density at radius 2 is 1.79 bits per heavy atom. The van der Waals surface area contributed by atoms with Crippen LogP contribution in [0.25, 0.3) is 0 Å². The first kappa shape index (κ1) is 23.7. The van der Waals surface area contributed by atoms with E-state index in [2.05, 4.69) is 4.98 Å². The summed E-state index contributed by atoms with van der Waals surface area (Å²) in [5.74, 6) is -6.07. The highest BCUT2D eigenvalue weighted by Gasteiger charge is 2.37. The van der Waals surface area contributed by atoms with Crippen LogP contribution in [-0.4, -0.2) is 28.9 Å². The standard InChI is InChI=1S/C17H14Cl3F3N2O3S/c1-8-6-12(16(24)26)25-7-9(8)15(29(27,28)5-4-17(18,19)20)13-10(21)2-3-11(22)14(13)23/h2-3,6-7,15H,4-5H2,1H3,(H2,24,26). The number of alkyl halides is 3. The largest absolute Gasteiger partial charge is 0.364 e. The van der Waals surface area contributed by atoms with Crippen molar-refractivity contribution in [1.29, 1.82) is 0 Å². The van der Waals surface area contributed by atoms with Crippen molar-refractivity contribution in [3.63, 3.8) is 0 Å². The Bertz CT molecular complexity index is 1060. The van der Waals surface area contributed by atoms with E-state index in [1.807, 2.05) is 0 Å². The number of nitrogens with zero attached hydrogens (tertiary/aromatic N) is 1. The SMILES string of the molecule is Cc1cc(C(N)=O)ncc1C(c1c(F)ccc(F)c1F)S(=O)(=O)CCC(Cl)(Cl)Cl. The predicted octanol–water partition coefficient (Wildman–Crippen LogP) is 4.17. The fraction of sp³-hybridized carbons (Fsp3) is 0.294. The number of benzene rings is 1. The van der Waals surface area contributed by atoms with Crippen molar-refractivity contribution in [3.8, 4) is 0 Å². The average molecular weight is 490 g/mol. The molecule has 0 aliphatic carbocycles. The van der Waals surface area contributed by atoms with Crippen molar-refractivity contribution in [2.45, 2.75) is 22.4 Å². The van der Waals surface area contributed by atoms with Gasteiger partial charge in [-0.05, 0) is 36.2 Å². The number of halogens is 6. The third-order valence-corrected chi connectivity index (χ3v) is 6.60. The van der Waals surface area contributed by atoms with Crippen molar-refractivity contribution in [1.82, 2.24) is 4.98 Å². The molecule has 0 radical (unpaired) electrons. The van der Waals surface area contributed by atoms with Crippen LogP contribution >= 0.6 is 34.8 Å². The van der Waals surface area contributed by atoms with E-state index >= 15 is 0 Å². The maximum Gasteiger partial charge on any atom is 0.267 e. The second-order valence-electron chi connectivity index (χ2n) is 6.16. The molecule has 1 aromatic heterocycles. The number of aromatic nitrogens is 1. The predicted molar refractivity (Wildman–Crippen MR) is 104 cm³/mol. The molecule has 12 heteroatoms. The number of carbonyl (C=O) groups excluding carboxylic acids is 1. The van der Waals surface area contributed by atoms with Crippen molar-refractivity contribution in [2.75, 3.05) is 5.75 Å². The molecule has 2 aromatic rings. The summed E-state index contributed by atoms with van der Waals surface area (Å²) in [5, 5.41) is -2.00. The summed E-state index contributed by atoms with van der Waals surface area (Å²) in [5.41, 5.74) is 3.87. The molecular weight excluding hydrogens is 476 g/mol. The van der Waals surface area contributed by atoms with Gasteiger partial charge in [0.2, 0.25) is 0 Å². The molecule has 1 heterocycles. The average Bonchev–Trinajstić information content (AvgIpc) is 2.60. The molecule has 0 fully saturated rings. The van der Waals surface area contributed by atoms with Crippen LogP contribution in [0.5, 0.6) is 0 Å². The van der Waals surface area contributed by atoms with Crippen LogP contribution in [0.15, 0.2) is 24.4 Å². The monoisotopic (exact) mass is 488 g/mol. The van der Waals surface area contributed by atoms with Gasteiger partial charge >= 0.3 is 0 Å². The molecule has 0 saturated heterocycles. The summed E-state index contributed by atoms with van der Waals surface area (Å²) in [6.07, 6.45) is 0.456. The summed E-state index contributed by atoms with van der Waals surface area (Å²) in [7, 11) is -4.44. The number of hydrogen-bond donors (Lipinski definition) is 1. The van der Waals surface area contributed by atoms with E-state index in [-0.39, 0.29) is 16.8 Å². The second kappa shape index (κ2) is 8.67. The van der Waals surface area contributed by atoms with Gasteiger partial charge in [0.05, 0.1) is 5.75 Å². The molecule has 1 aromatic carbocycles. The molecule has 29 heavy (non-hydrogen) atoms. The van der Waals surface area contributed by atoms with Crippen molar-refractivity contribution < 1.29 is 26.4 Å². The van der Waals surface area contributed by atoms with Gasteiger partial charge in [0.25, 0.3) is 5.91 Å². The van der Waals surface area contributed by atoms with E-state index in [9.17, 15) is 26.4 Å². The molecule has 158 valence electrons. The Balaban J connectivity index is 2.75. The van der Waals surface area contributed by atoms with E-state index in [0.717, 1.165) is 12.3 Å². The first-order valence-electron chi connectivity index (χ1n) is 7.92. The van der Waals surface area contributed by atoms with Crippen molar-refractivity contribution in [3.05, 3.63) is 64.2 Å². The van der Waals surface area contributed by atoms with Crippen LogP contribution in [-0.2, 0) is 9.84 Å². The molecule has 1 amide bonds. The Labute approximate surface area is 179 Å². The number of sulfone groups is 1. The Hall–Kier alpha value is -1.55. The van der Waals surface area contributed by atoms with Crippen molar-refractivity contribution in [2.24, 2.45) is 5.73 Å². The number of pyridine rings is 1. The normalized spacial score (nSPS) is 13.3. The molecule has 5 nitrogen and oxygen atoms in total. The van der Waals surface area contributed by atoms with Crippen LogP contribution < -0.4 is 5.73 Å². The Morgan fingerprint density at radius 1 is 1.21 bits per heavy atom.